The van der Waals surface area contributed by atoms with Crippen molar-refractivity contribution in [2.24, 2.45) is 7.05 Å². The highest BCUT2D eigenvalue weighted by Crippen LogP contribution is 2.28. The minimum absolute atomic E-state index is 0.106. The van der Waals surface area contributed by atoms with Gasteiger partial charge in [-0.3, -0.25) is 4.79 Å². The van der Waals surface area contributed by atoms with E-state index >= 15 is 0 Å². The van der Waals surface area contributed by atoms with Gasteiger partial charge in [-0.25, -0.2) is 9.97 Å². The van der Waals surface area contributed by atoms with Crippen molar-refractivity contribution in [2.45, 2.75) is 13.5 Å². The summed E-state index contributed by atoms with van der Waals surface area (Å²) in [4.78, 5) is 23.0. The van der Waals surface area contributed by atoms with Gasteiger partial charge in [-0.05, 0) is 24.6 Å². The molecule has 2 aromatic heterocycles. The van der Waals surface area contributed by atoms with Crippen LogP contribution < -0.4 is 5.73 Å². The predicted molar refractivity (Wildman–Crippen MR) is 93.8 cm³/mol. The van der Waals surface area contributed by atoms with Gasteiger partial charge in [0.15, 0.2) is 5.13 Å². The van der Waals surface area contributed by atoms with Gasteiger partial charge in [0.05, 0.1) is 23.4 Å². The summed E-state index contributed by atoms with van der Waals surface area (Å²) in [5.41, 5.74) is 8.06. The number of aromatic nitrogens is 3. The van der Waals surface area contributed by atoms with E-state index in [0.717, 1.165) is 21.6 Å². The third-order valence-corrected chi connectivity index (χ3v) is 4.69. The Kier molecular flexibility index (Phi) is 4.50. The standard InChI is InChI=1S/C16H19N5O2S/c1-10-7-11(8-12-14(10)19-16(17)24-12)15(23)21(5-6-22)9-13-18-3-4-20(13)2/h3-4,7-8,22H,5-6,9H2,1-2H3,(H2,17,19). The Morgan fingerprint density at radius 1 is 1.46 bits per heavy atom. The molecule has 1 aromatic carbocycles. The first-order valence-corrected chi connectivity index (χ1v) is 8.34. The third kappa shape index (κ3) is 3.10. The number of fused-ring (bicyclic) bond motifs is 1. The summed E-state index contributed by atoms with van der Waals surface area (Å²) in [5.74, 6) is 0.612. The quantitative estimate of drug-likeness (QED) is 0.731. The third-order valence-electron chi connectivity index (χ3n) is 3.86. The summed E-state index contributed by atoms with van der Waals surface area (Å²) in [6, 6.07) is 3.62. The Labute approximate surface area is 143 Å². The molecule has 0 spiro atoms. The van der Waals surface area contributed by atoms with Gasteiger partial charge in [0, 0.05) is 31.5 Å². The lowest BCUT2D eigenvalue weighted by molar-refractivity contribution is 0.0701. The maximum Gasteiger partial charge on any atom is 0.254 e. The number of amides is 1. The molecule has 0 bridgehead atoms. The van der Waals surface area contributed by atoms with Crippen LogP contribution >= 0.6 is 11.3 Å². The number of nitrogen functional groups attached to an aromatic ring is 1. The van der Waals surface area contributed by atoms with Crippen molar-refractivity contribution in [2.75, 3.05) is 18.9 Å². The molecule has 0 aliphatic rings. The summed E-state index contributed by atoms with van der Waals surface area (Å²) >= 11 is 1.36. The Morgan fingerprint density at radius 2 is 2.25 bits per heavy atom. The summed E-state index contributed by atoms with van der Waals surface area (Å²) in [6.45, 7) is 2.39. The second-order valence-corrected chi connectivity index (χ2v) is 6.66. The smallest absolute Gasteiger partial charge is 0.254 e. The van der Waals surface area contributed by atoms with Gasteiger partial charge in [-0.15, -0.1) is 0 Å². The molecule has 0 saturated carbocycles. The lowest BCUT2D eigenvalue weighted by atomic mass is 10.1. The Bertz CT molecular complexity index is 886. The number of rotatable bonds is 5. The zero-order chi connectivity index (χ0) is 17.3. The first-order valence-electron chi connectivity index (χ1n) is 7.52. The van der Waals surface area contributed by atoms with Crippen molar-refractivity contribution >= 4 is 32.6 Å². The molecule has 7 nitrogen and oxygen atoms in total. The Balaban J connectivity index is 1.93. The minimum atomic E-state index is -0.149. The van der Waals surface area contributed by atoms with Crippen LogP contribution in [-0.4, -0.2) is 43.6 Å². The molecule has 2 heterocycles. The number of aliphatic hydroxyl groups excluding tert-OH is 1. The van der Waals surface area contributed by atoms with E-state index in [9.17, 15) is 9.90 Å². The van der Waals surface area contributed by atoms with E-state index in [4.69, 9.17) is 5.73 Å². The van der Waals surface area contributed by atoms with Crippen molar-refractivity contribution in [1.82, 2.24) is 19.4 Å². The number of nitrogens with two attached hydrogens (primary N) is 1. The summed E-state index contributed by atoms with van der Waals surface area (Å²) in [7, 11) is 1.88. The average molecular weight is 345 g/mol. The van der Waals surface area contributed by atoms with Gasteiger partial charge in [-0.1, -0.05) is 11.3 Å². The van der Waals surface area contributed by atoms with E-state index in [1.807, 2.05) is 36.9 Å². The fourth-order valence-electron chi connectivity index (χ4n) is 2.61. The molecule has 0 aliphatic carbocycles. The zero-order valence-corrected chi connectivity index (χ0v) is 14.4. The first-order chi connectivity index (χ1) is 11.5. The molecule has 3 N–H and O–H groups in total. The molecule has 0 fully saturated rings. The number of anilines is 1. The number of aryl methyl sites for hydroxylation is 2. The fraction of sp³-hybridized carbons (Fsp3) is 0.312. The van der Waals surface area contributed by atoms with Crippen LogP contribution in [-0.2, 0) is 13.6 Å². The molecule has 24 heavy (non-hydrogen) atoms. The van der Waals surface area contributed by atoms with Crippen LogP contribution in [0, 0.1) is 6.92 Å². The molecular formula is C16H19N5O2S. The van der Waals surface area contributed by atoms with E-state index in [-0.39, 0.29) is 19.1 Å². The highest BCUT2D eigenvalue weighted by molar-refractivity contribution is 7.22. The molecule has 3 aromatic rings. The van der Waals surface area contributed by atoms with Crippen LogP contribution in [0.1, 0.15) is 21.7 Å². The SMILES string of the molecule is Cc1cc(C(=O)N(CCO)Cc2nccn2C)cc2sc(N)nc12. The maximum absolute atomic E-state index is 12.9. The number of hydrogen-bond acceptors (Lipinski definition) is 6. The Hall–Kier alpha value is -2.45. The molecule has 0 unspecified atom stereocenters. The maximum atomic E-state index is 12.9. The molecule has 0 atom stereocenters. The monoisotopic (exact) mass is 345 g/mol. The van der Waals surface area contributed by atoms with Crippen molar-refractivity contribution < 1.29 is 9.90 Å². The van der Waals surface area contributed by atoms with Gasteiger partial charge >= 0.3 is 0 Å². The zero-order valence-electron chi connectivity index (χ0n) is 13.6. The molecular weight excluding hydrogens is 326 g/mol. The van der Waals surface area contributed by atoms with Gasteiger partial charge in [0.2, 0.25) is 0 Å². The molecule has 126 valence electrons. The number of hydrogen-bond donors (Lipinski definition) is 2. The van der Waals surface area contributed by atoms with Gasteiger partial charge in [0.1, 0.15) is 5.82 Å². The second-order valence-electron chi connectivity index (χ2n) is 5.60. The molecule has 8 heteroatoms. The molecule has 3 rings (SSSR count). The topological polar surface area (TPSA) is 97.3 Å². The van der Waals surface area contributed by atoms with E-state index in [2.05, 4.69) is 9.97 Å². The molecule has 1 amide bonds. The van der Waals surface area contributed by atoms with Crippen LogP contribution in [0.4, 0.5) is 5.13 Å². The second kappa shape index (κ2) is 6.58. The number of nitrogens with zero attached hydrogens (tertiary/aromatic N) is 4. The van der Waals surface area contributed by atoms with Crippen molar-refractivity contribution in [1.29, 1.82) is 0 Å². The highest BCUT2D eigenvalue weighted by atomic mass is 32.1. The normalized spacial score (nSPS) is 11.1. The van der Waals surface area contributed by atoms with E-state index in [1.165, 1.54) is 11.3 Å². The predicted octanol–water partition coefficient (Wildman–Crippen LogP) is 1.56. The summed E-state index contributed by atoms with van der Waals surface area (Å²) in [6.07, 6.45) is 3.51. The van der Waals surface area contributed by atoms with Crippen molar-refractivity contribution in [3.05, 3.63) is 41.5 Å². The molecule has 0 saturated heterocycles. The minimum Gasteiger partial charge on any atom is -0.395 e. The van der Waals surface area contributed by atoms with Gasteiger partial charge < -0.3 is 20.3 Å². The number of aliphatic hydroxyl groups is 1. The van der Waals surface area contributed by atoms with E-state index in [0.29, 0.717) is 17.2 Å². The van der Waals surface area contributed by atoms with Gasteiger partial charge in [0.25, 0.3) is 5.91 Å². The highest BCUT2D eigenvalue weighted by Gasteiger charge is 2.19. The van der Waals surface area contributed by atoms with Crippen LogP contribution in [0.3, 0.4) is 0 Å². The number of carbonyl (C=O) groups is 1. The number of carbonyl (C=O) groups excluding carboxylic acids is 1. The first kappa shape index (κ1) is 16.4. The van der Waals surface area contributed by atoms with Crippen molar-refractivity contribution in [3.63, 3.8) is 0 Å². The lowest BCUT2D eigenvalue weighted by Gasteiger charge is -2.21. The molecule has 0 aliphatic heterocycles. The average Bonchev–Trinajstić information content (AvgIpc) is 3.11. The number of imidazole rings is 1. The Morgan fingerprint density at radius 3 is 2.92 bits per heavy atom. The van der Waals surface area contributed by atoms with Crippen LogP contribution in [0.25, 0.3) is 10.2 Å². The number of benzene rings is 1. The van der Waals surface area contributed by atoms with E-state index < -0.39 is 0 Å². The van der Waals surface area contributed by atoms with Crippen LogP contribution in [0.15, 0.2) is 24.5 Å². The summed E-state index contributed by atoms with van der Waals surface area (Å²) < 4.78 is 2.74. The largest absolute Gasteiger partial charge is 0.395 e. The van der Waals surface area contributed by atoms with E-state index in [1.54, 1.807) is 11.1 Å². The lowest BCUT2D eigenvalue weighted by Crippen LogP contribution is -2.34. The molecule has 0 radical (unpaired) electrons. The van der Waals surface area contributed by atoms with Crippen molar-refractivity contribution in [3.8, 4) is 0 Å². The fourth-order valence-corrected chi connectivity index (χ4v) is 3.46. The van der Waals surface area contributed by atoms with Crippen LogP contribution in [0.2, 0.25) is 0 Å². The van der Waals surface area contributed by atoms with Gasteiger partial charge in [-0.2, -0.15) is 0 Å². The summed E-state index contributed by atoms with van der Waals surface area (Å²) in [5, 5.41) is 9.80. The van der Waals surface area contributed by atoms with Crippen LogP contribution in [0.5, 0.6) is 0 Å². The number of thiazole rings is 1.